The first kappa shape index (κ1) is 12.4. The van der Waals surface area contributed by atoms with E-state index in [4.69, 9.17) is 11.6 Å². The van der Waals surface area contributed by atoms with E-state index in [9.17, 15) is 0 Å². The molecule has 1 atom stereocenters. The number of benzene rings is 1. The van der Waals surface area contributed by atoms with E-state index in [1.54, 1.807) is 0 Å². The highest BCUT2D eigenvalue weighted by atomic mass is 35.5. The smallest absolute Gasteiger partial charge is 0.113 e. The third kappa shape index (κ3) is 2.45. The van der Waals surface area contributed by atoms with Crippen molar-refractivity contribution in [2.45, 2.75) is 19.8 Å². The Morgan fingerprint density at radius 1 is 1.47 bits per heavy atom. The third-order valence-electron chi connectivity index (χ3n) is 3.02. The van der Waals surface area contributed by atoms with E-state index in [2.05, 4.69) is 28.7 Å². The first-order chi connectivity index (χ1) is 8.13. The minimum atomic E-state index is 0.395. The van der Waals surface area contributed by atoms with Crippen LogP contribution in [0, 0.1) is 0 Å². The lowest BCUT2D eigenvalue weighted by Gasteiger charge is -2.11. The SMILES string of the molecule is CCNCC(C)c1nc2ccc(Cl)cc2n1C. The molecule has 1 N–H and O–H groups in total. The summed E-state index contributed by atoms with van der Waals surface area (Å²) in [6, 6.07) is 5.82. The summed E-state index contributed by atoms with van der Waals surface area (Å²) in [5, 5.41) is 4.11. The van der Waals surface area contributed by atoms with E-state index in [1.165, 1.54) is 0 Å². The van der Waals surface area contributed by atoms with Crippen LogP contribution in [0.3, 0.4) is 0 Å². The molecule has 1 aromatic heterocycles. The number of aryl methyl sites for hydroxylation is 1. The Hall–Kier alpha value is -1.06. The van der Waals surface area contributed by atoms with Crippen molar-refractivity contribution in [2.24, 2.45) is 7.05 Å². The van der Waals surface area contributed by atoms with Crippen molar-refractivity contribution in [3.8, 4) is 0 Å². The van der Waals surface area contributed by atoms with Crippen molar-refractivity contribution in [1.82, 2.24) is 14.9 Å². The molecule has 0 spiro atoms. The molecular formula is C13H18ClN3. The van der Waals surface area contributed by atoms with Crippen molar-refractivity contribution >= 4 is 22.6 Å². The molecule has 1 heterocycles. The van der Waals surface area contributed by atoms with Crippen LogP contribution in [0.15, 0.2) is 18.2 Å². The maximum atomic E-state index is 6.01. The second-order valence-corrected chi connectivity index (χ2v) is 4.81. The number of aromatic nitrogens is 2. The fourth-order valence-corrected chi connectivity index (χ4v) is 2.24. The standard InChI is InChI=1S/C13H18ClN3/c1-4-15-8-9(2)13-16-11-6-5-10(14)7-12(11)17(13)3/h5-7,9,15H,4,8H2,1-3H3. The topological polar surface area (TPSA) is 29.9 Å². The van der Waals surface area contributed by atoms with Crippen molar-refractivity contribution in [1.29, 1.82) is 0 Å². The maximum absolute atomic E-state index is 6.01. The average molecular weight is 252 g/mol. The predicted octanol–water partition coefficient (Wildman–Crippen LogP) is 2.94. The summed E-state index contributed by atoms with van der Waals surface area (Å²) >= 11 is 6.01. The Labute approximate surface area is 107 Å². The lowest BCUT2D eigenvalue weighted by molar-refractivity contribution is 0.593. The van der Waals surface area contributed by atoms with Crippen LogP contribution in [0.25, 0.3) is 11.0 Å². The number of likely N-dealkylation sites (N-methyl/N-ethyl adjacent to an activating group) is 1. The molecule has 1 aromatic carbocycles. The zero-order chi connectivity index (χ0) is 12.4. The van der Waals surface area contributed by atoms with Crippen LogP contribution in [0.5, 0.6) is 0 Å². The van der Waals surface area contributed by atoms with E-state index in [0.717, 1.165) is 35.0 Å². The molecule has 0 aliphatic rings. The molecule has 0 radical (unpaired) electrons. The molecule has 0 saturated heterocycles. The van der Waals surface area contributed by atoms with Gasteiger partial charge < -0.3 is 9.88 Å². The Morgan fingerprint density at radius 2 is 2.24 bits per heavy atom. The fraction of sp³-hybridized carbons (Fsp3) is 0.462. The van der Waals surface area contributed by atoms with Gasteiger partial charge in [0, 0.05) is 24.5 Å². The van der Waals surface area contributed by atoms with Crippen molar-refractivity contribution < 1.29 is 0 Å². The predicted molar refractivity (Wildman–Crippen MR) is 72.7 cm³/mol. The summed E-state index contributed by atoms with van der Waals surface area (Å²) in [5.41, 5.74) is 2.10. The molecule has 2 aromatic rings. The first-order valence-corrected chi connectivity index (χ1v) is 6.34. The van der Waals surface area contributed by atoms with Crippen LogP contribution in [0.4, 0.5) is 0 Å². The molecule has 1 unspecified atom stereocenters. The second kappa shape index (κ2) is 5.07. The number of hydrogen-bond donors (Lipinski definition) is 1. The van der Waals surface area contributed by atoms with Gasteiger partial charge in [0.05, 0.1) is 11.0 Å². The van der Waals surface area contributed by atoms with Gasteiger partial charge in [0.2, 0.25) is 0 Å². The summed E-state index contributed by atoms with van der Waals surface area (Å²) < 4.78 is 2.13. The zero-order valence-corrected chi connectivity index (χ0v) is 11.3. The molecule has 0 saturated carbocycles. The van der Waals surface area contributed by atoms with Gasteiger partial charge in [-0.2, -0.15) is 0 Å². The van der Waals surface area contributed by atoms with E-state index >= 15 is 0 Å². The molecule has 92 valence electrons. The highest BCUT2D eigenvalue weighted by Crippen LogP contribution is 2.23. The van der Waals surface area contributed by atoms with Crippen LogP contribution in [-0.2, 0) is 7.05 Å². The minimum Gasteiger partial charge on any atom is -0.331 e. The van der Waals surface area contributed by atoms with E-state index in [0.29, 0.717) is 5.92 Å². The van der Waals surface area contributed by atoms with Gasteiger partial charge in [-0.05, 0) is 24.7 Å². The third-order valence-corrected chi connectivity index (χ3v) is 3.25. The number of fused-ring (bicyclic) bond motifs is 1. The minimum absolute atomic E-state index is 0.395. The number of imidazole rings is 1. The molecule has 0 aliphatic carbocycles. The number of nitrogens with one attached hydrogen (secondary N) is 1. The van der Waals surface area contributed by atoms with Crippen LogP contribution >= 0.6 is 11.6 Å². The van der Waals surface area contributed by atoms with Crippen LogP contribution < -0.4 is 5.32 Å². The Kier molecular flexibility index (Phi) is 3.69. The van der Waals surface area contributed by atoms with Gasteiger partial charge in [0.25, 0.3) is 0 Å². The second-order valence-electron chi connectivity index (χ2n) is 4.37. The maximum Gasteiger partial charge on any atom is 0.113 e. The normalized spacial score (nSPS) is 13.2. The lowest BCUT2D eigenvalue weighted by atomic mass is 10.1. The Bertz CT molecular complexity index is 519. The van der Waals surface area contributed by atoms with E-state index in [1.807, 2.05) is 25.2 Å². The quantitative estimate of drug-likeness (QED) is 0.906. The molecule has 0 amide bonds. The van der Waals surface area contributed by atoms with Crippen LogP contribution in [0.1, 0.15) is 25.6 Å². The fourth-order valence-electron chi connectivity index (χ4n) is 2.07. The van der Waals surface area contributed by atoms with Crippen molar-refractivity contribution in [3.63, 3.8) is 0 Å². The van der Waals surface area contributed by atoms with Gasteiger partial charge in [-0.3, -0.25) is 0 Å². The molecule has 0 bridgehead atoms. The van der Waals surface area contributed by atoms with E-state index in [-0.39, 0.29) is 0 Å². The van der Waals surface area contributed by atoms with Gasteiger partial charge in [-0.25, -0.2) is 4.98 Å². The monoisotopic (exact) mass is 251 g/mol. The lowest BCUT2D eigenvalue weighted by Crippen LogP contribution is -2.21. The molecular weight excluding hydrogens is 234 g/mol. The summed E-state index contributed by atoms with van der Waals surface area (Å²) in [7, 11) is 2.05. The highest BCUT2D eigenvalue weighted by Gasteiger charge is 2.14. The molecule has 17 heavy (non-hydrogen) atoms. The summed E-state index contributed by atoms with van der Waals surface area (Å²) in [4.78, 5) is 4.67. The Balaban J connectivity index is 2.38. The van der Waals surface area contributed by atoms with Gasteiger partial charge in [0.1, 0.15) is 5.82 Å². The number of rotatable bonds is 4. The zero-order valence-electron chi connectivity index (χ0n) is 10.5. The van der Waals surface area contributed by atoms with Gasteiger partial charge in [0.15, 0.2) is 0 Å². The Morgan fingerprint density at radius 3 is 2.94 bits per heavy atom. The van der Waals surface area contributed by atoms with Gasteiger partial charge >= 0.3 is 0 Å². The molecule has 4 heteroatoms. The van der Waals surface area contributed by atoms with Gasteiger partial charge in [-0.1, -0.05) is 25.4 Å². The van der Waals surface area contributed by atoms with Crippen molar-refractivity contribution in [3.05, 3.63) is 29.0 Å². The summed E-state index contributed by atoms with van der Waals surface area (Å²) in [5.74, 6) is 1.49. The highest BCUT2D eigenvalue weighted by molar-refractivity contribution is 6.31. The molecule has 3 nitrogen and oxygen atoms in total. The number of nitrogens with zero attached hydrogens (tertiary/aromatic N) is 2. The summed E-state index contributed by atoms with van der Waals surface area (Å²) in [6.07, 6.45) is 0. The van der Waals surface area contributed by atoms with Gasteiger partial charge in [-0.15, -0.1) is 0 Å². The van der Waals surface area contributed by atoms with Crippen LogP contribution in [0.2, 0.25) is 5.02 Å². The molecule has 2 rings (SSSR count). The van der Waals surface area contributed by atoms with Crippen LogP contribution in [-0.4, -0.2) is 22.6 Å². The van der Waals surface area contributed by atoms with E-state index < -0.39 is 0 Å². The summed E-state index contributed by atoms with van der Waals surface area (Å²) in [6.45, 7) is 6.23. The molecule has 0 fully saturated rings. The number of hydrogen-bond acceptors (Lipinski definition) is 2. The van der Waals surface area contributed by atoms with Crippen molar-refractivity contribution in [2.75, 3.05) is 13.1 Å². The number of halogens is 1. The average Bonchev–Trinajstić information content (AvgIpc) is 2.64. The first-order valence-electron chi connectivity index (χ1n) is 5.96. The molecule has 0 aliphatic heterocycles. The largest absolute Gasteiger partial charge is 0.331 e.